The molecule has 0 amide bonds. The van der Waals surface area contributed by atoms with E-state index in [9.17, 15) is 0 Å². The van der Waals surface area contributed by atoms with Crippen LogP contribution < -0.4 is 5.73 Å². The van der Waals surface area contributed by atoms with Gasteiger partial charge in [0.15, 0.2) is 4.34 Å². The number of thiazole rings is 1. The molecular formula is C14H11BrN2S2. The van der Waals surface area contributed by atoms with E-state index in [0.717, 1.165) is 25.8 Å². The molecule has 96 valence electrons. The summed E-state index contributed by atoms with van der Waals surface area (Å²) in [6.07, 6.45) is 0. The molecule has 19 heavy (non-hydrogen) atoms. The van der Waals surface area contributed by atoms with E-state index in [1.54, 1.807) is 23.1 Å². The molecule has 1 aromatic heterocycles. The minimum absolute atomic E-state index is 0.780. The van der Waals surface area contributed by atoms with Crippen LogP contribution >= 0.6 is 39.0 Å². The van der Waals surface area contributed by atoms with Crippen LogP contribution in [0.3, 0.4) is 0 Å². The maximum absolute atomic E-state index is 5.88. The van der Waals surface area contributed by atoms with Crippen molar-refractivity contribution in [2.24, 2.45) is 0 Å². The number of anilines is 1. The lowest BCUT2D eigenvalue weighted by Crippen LogP contribution is -1.89. The summed E-state index contributed by atoms with van der Waals surface area (Å²) in [6.45, 7) is 0. The van der Waals surface area contributed by atoms with Crippen molar-refractivity contribution in [3.05, 3.63) is 52.5 Å². The monoisotopic (exact) mass is 350 g/mol. The number of nitrogen functional groups attached to an aromatic ring is 1. The van der Waals surface area contributed by atoms with Crippen LogP contribution in [0, 0.1) is 0 Å². The average Bonchev–Trinajstić information content (AvgIpc) is 2.83. The van der Waals surface area contributed by atoms with Crippen LogP contribution in [0.15, 0.2) is 51.3 Å². The second kappa shape index (κ2) is 5.53. The molecule has 0 fully saturated rings. The van der Waals surface area contributed by atoms with Crippen molar-refractivity contribution >= 4 is 54.9 Å². The highest BCUT2D eigenvalue weighted by atomic mass is 79.9. The molecule has 5 heteroatoms. The van der Waals surface area contributed by atoms with Crippen molar-refractivity contribution in [2.75, 3.05) is 5.73 Å². The number of hydrogen-bond donors (Lipinski definition) is 1. The highest BCUT2D eigenvalue weighted by Gasteiger charge is 2.05. The van der Waals surface area contributed by atoms with Crippen LogP contribution in [0.4, 0.5) is 5.69 Å². The average molecular weight is 351 g/mol. The number of nitrogens with zero attached hydrogens (tertiary/aromatic N) is 1. The Labute approximate surface area is 128 Å². The zero-order chi connectivity index (χ0) is 13.2. The van der Waals surface area contributed by atoms with E-state index in [4.69, 9.17) is 5.73 Å². The predicted octanol–water partition coefficient (Wildman–Crippen LogP) is 4.93. The molecule has 3 rings (SSSR count). The van der Waals surface area contributed by atoms with Gasteiger partial charge in [-0.1, -0.05) is 30.0 Å². The zero-order valence-electron chi connectivity index (χ0n) is 9.97. The van der Waals surface area contributed by atoms with E-state index < -0.39 is 0 Å². The molecule has 0 spiro atoms. The zero-order valence-corrected chi connectivity index (χ0v) is 13.2. The Balaban J connectivity index is 1.76. The number of rotatable bonds is 3. The molecule has 0 bridgehead atoms. The number of halogens is 1. The van der Waals surface area contributed by atoms with Crippen molar-refractivity contribution in [1.29, 1.82) is 0 Å². The van der Waals surface area contributed by atoms with Gasteiger partial charge in [-0.05, 0) is 45.8 Å². The van der Waals surface area contributed by atoms with Gasteiger partial charge in [-0.25, -0.2) is 4.98 Å². The molecule has 0 unspecified atom stereocenters. The van der Waals surface area contributed by atoms with Gasteiger partial charge in [0, 0.05) is 15.9 Å². The van der Waals surface area contributed by atoms with Gasteiger partial charge in [0.2, 0.25) is 0 Å². The minimum atomic E-state index is 0.780. The Bertz CT molecular complexity index is 691. The molecular weight excluding hydrogens is 340 g/mol. The maximum Gasteiger partial charge on any atom is 0.151 e. The Hall–Kier alpha value is -1.04. The highest BCUT2D eigenvalue weighted by molar-refractivity contribution is 9.10. The van der Waals surface area contributed by atoms with E-state index in [1.807, 2.05) is 30.3 Å². The van der Waals surface area contributed by atoms with E-state index in [2.05, 4.69) is 33.0 Å². The third-order valence-electron chi connectivity index (χ3n) is 2.70. The third-order valence-corrected chi connectivity index (χ3v) is 5.67. The van der Waals surface area contributed by atoms with Gasteiger partial charge < -0.3 is 5.73 Å². The molecule has 2 nitrogen and oxygen atoms in total. The van der Waals surface area contributed by atoms with Crippen LogP contribution in [-0.2, 0) is 5.75 Å². The molecule has 2 aromatic carbocycles. The molecule has 0 saturated heterocycles. The Morgan fingerprint density at radius 3 is 2.84 bits per heavy atom. The number of benzene rings is 2. The van der Waals surface area contributed by atoms with Crippen molar-refractivity contribution in [3.8, 4) is 0 Å². The van der Waals surface area contributed by atoms with E-state index >= 15 is 0 Å². The number of fused-ring (bicyclic) bond motifs is 1. The summed E-state index contributed by atoms with van der Waals surface area (Å²) in [6, 6.07) is 14.3. The van der Waals surface area contributed by atoms with Gasteiger partial charge >= 0.3 is 0 Å². The molecule has 1 heterocycles. The largest absolute Gasteiger partial charge is 0.398 e. The van der Waals surface area contributed by atoms with Crippen LogP contribution in [0.2, 0.25) is 0 Å². The van der Waals surface area contributed by atoms with Crippen LogP contribution in [0.25, 0.3) is 10.2 Å². The van der Waals surface area contributed by atoms with Crippen LogP contribution in [-0.4, -0.2) is 4.98 Å². The molecule has 3 aromatic rings. The number of hydrogen-bond acceptors (Lipinski definition) is 4. The topological polar surface area (TPSA) is 38.9 Å². The van der Waals surface area contributed by atoms with Crippen molar-refractivity contribution in [2.45, 2.75) is 10.1 Å². The summed E-state index contributed by atoms with van der Waals surface area (Å²) in [5.74, 6) is 0.886. The Morgan fingerprint density at radius 1 is 1.21 bits per heavy atom. The molecule has 0 aliphatic carbocycles. The highest BCUT2D eigenvalue weighted by Crippen LogP contribution is 2.32. The number of nitrogens with two attached hydrogens (primary N) is 1. The van der Waals surface area contributed by atoms with Crippen LogP contribution in [0.1, 0.15) is 5.56 Å². The Kier molecular flexibility index (Phi) is 3.77. The summed E-state index contributed by atoms with van der Waals surface area (Å²) < 4.78 is 3.28. The summed E-state index contributed by atoms with van der Waals surface area (Å²) in [4.78, 5) is 4.61. The predicted molar refractivity (Wildman–Crippen MR) is 87.7 cm³/mol. The van der Waals surface area contributed by atoms with E-state index in [1.165, 1.54) is 10.3 Å². The number of aromatic nitrogens is 1. The number of thioether (sulfide) groups is 1. The molecule has 0 aliphatic heterocycles. The first kappa shape index (κ1) is 13.0. The smallest absolute Gasteiger partial charge is 0.151 e. The second-order valence-electron chi connectivity index (χ2n) is 4.09. The lowest BCUT2D eigenvalue weighted by atomic mass is 10.2. The van der Waals surface area contributed by atoms with Crippen molar-refractivity contribution in [3.63, 3.8) is 0 Å². The molecule has 0 aliphatic rings. The molecule has 2 N–H and O–H groups in total. The van der Waals surface area contributed by atoms with Gasteiger partial charge in [-0.15, -0.1) is 11.3 Å². The number of para-hydroxylation sites is 1. The maximum atomic E-state index is 5.88. The molecule has 0 saturated carbocycles. The molecule has 0 atom stereocenters. The first-order chi connectivity index (χ1) is 9.22. The van der Waals surface area contributed by atoms with Gasteiger partial charge in [-0.2, -0.15) is 0 Å². The first-order valence-corrected chi connectivity index (χ1v) is 8.34. The quantitative estimate of drug-likeness (QED) is 0.537. The fourth-order valence-electron chi connectivity index (χ4n) is 1.74. The normalized spacial score (nSPS) is 11.0. The van der Waals surface area contributed by atoms with Gasteiger partial charge in [0.05, 0.1) is 10.2 Å². The first-order valence-electron chi connectivity index (χ1n) is 5.74. The van der Waals surface area contributed by atoms with Gasteiger partial charge in [-0.3, -0.25) is 0 Å². The fourth-order valence-corrected chi connectivity index (χ4v) is 4.00. The molecule has 0 radical (unpaired) electrons. The fraction of sp³-hybridized carbons (Fsp3) is 0.0714. The summed E-state index contributed by atoms with van der Waals surface area (Å²) >= 11 is 6.89. The third kappa shape index (κ3) is 2.94. The Morgan fingerprint density at radius 2 is 2.05 bits per heavy atom. The van der Waals surface area contributed by atoms with Gasteiger partial charge in [0.1, 0.15) is 0 Å². The lowest BCUT2D eigenvalue weighted by Gasteiger charge is -2.02. The van der Waals surface area contributed by atoms with Crippen molar-refractivity contribution in [1.82, 2.24) is 4.98 Å². The van der Waals surface area contributed by atoms with Crippen LogP contribution in [0.5, 0.6) is 0 Å². The summed E-state index contributed by atoms with van der Waals surface area (Å²) in [5.41, 5.74) is 8.95. The second-order valence-corrected chi connectivity index (χ2v) is 7.20. The SMILES string of the molecule is Nc1cc(CSc2nc3ccccc3s2)ccc1Br. The van der Waals surface area contributed by atoms with Gasteiger partial charge in [0.25, 0.3) is 0 Å². The summed E-state index contributed by atoms with van der Waals surface area (Å²) in [7, 11) is 0. The lowest BCUT2D eigenvalue weighted by molar-refractivity contribution is 1.29. The van der Waals surface area contributed by atoms with E-state index in [0.29, 0.717) is 0 Å². The van der Waals surface area contributed by atoms with Crippen molar-refractivity contribution < 1.29 is 0 Å². The minimum Gasteiger partial charge on any atom is -0.398 e. The standard InChI is InChI=1S/C14H11BrN2S2/c15-10-6-5-9(7-11(10)16)8-18-14-17-12-3-1-2-4-13(12)19-14/h1-7H,8,16H2. The summed E-state index contributed by atoms with van der Waals surface area (Å²) in [5, 5.41) is 0. The van der Waals surface area contributed by atoms with E-state index in [-0.39, 0.29) is 0 Å².